The quantitative estimate of drug-likeness (QED) is 0.365. The van der Waals surface area contributed by atoms with Crippen LogP contribution >= 0.6 is 0 Å². The van der Waals surface area contributed by atoms with E-state index in [1.807, 2.05) is 30.3 Å². The van der Waals surface area contributed by atoms with E-state index in [1.54, 1.807) is 5.57 Å². The summed E-state index contributed by atoms with van der Waals surface area (Å²) >= 11 is 0. The molecule has 0 aliphatic heterocycles. The van der Waals surface area contributed by atoms with Gasteiger partial charge in [-0.3, -0.25) is 0 Å². The predicted molar refractivity (Wildman–Crippen MR) is 101 cm³/mol. The van der Waals surface area contributed by atoms with Crippen LogP contribution in [0.25, 0.3) is 17.2 Å². The van der Waals surface area contributed by atoms with E-state index in [4.69, 9.17) is 0 Å². The second-order valence-corrected chi connectivity index (χ2v) is 6.10. The average molecular weight is 356 g/mol. The maximum absolute atomic E-state index is 2.42. The fourth-order valence-corrected chi connectivity index (χ4v) is 3.13. The van der Waals surface area contributed by atoms with E-state index in [9.17, 15) is 0 Å². The van der Waals surface area contributed by atoms with Gasteiger partial charge in [0.2, 0.25) is 0 Å². The second kappa shape index (κ2) is 9.47. The largest absolute Gasteiger partial charge is 2.00 e. The fourth-order valence-electron chi connectivity index (χ4n) is 3.13. The van der Waals surface area contributed by atoms with Crippen molar-refractivity contribution in [2.75, 3.05) is 0 Å². The Bertz CT molecular complexity index is 713. The first kappa shape index (κ1) is 18.5. The first-order valence-corrected chi connectivity index (χ1v) is 8.58. The molecule has 24 heavy (non-hydrogen) atoms. The van der Waals surface area contributed by atoms with Gasteiger partial charge in [-0.1, -0.05) is 53.8 Å². The molecule has 0 nitrogen and oxygen atoms in total. The van der Waals surface area contributed by atoms with Crippen LogP contribution < -0.4 is 0 Å². The molecule has 0 N–H and O–H groups in total. The third-order valence-corrected chi connectivity index (χ3v) is 4.34. The zero-order valence-electron chi connectivity index (χ0n) is 14.2. The van der Waals surface area contributed by atoms with Gasteiger partial charge in [0.15, 0.2) is 0 Å². The van der Waals surface area contributed by atoms with Crippen LogP contribution in [0.2, 0.25) is 0 Å². The van der Waals surface area contributed by atoms with Crippen LogP contribution in [-0.4, -0.2) is 0 Å². The Balaban J connectivity index is 0.000000300. The summed E-state index contributed by atoms with van der Waals surface area (Å²) in [6.07, 6.45) is 7.43. The molecule has 0 spiro atoms. The number of rotatable bonds is 4. The fraction of sp³-hybridized carbons (Fsp3) is 0.217. The van der Waals surface area contributed by atoms with E-state index >= 15 is 0 Å². The molecule has 0 aromatic heterocycles. The molecule has 0 unspecified atom stereocenters. The number of allylic oxidation sites excluding steroid dienone is 1. The topological polar surface area (TPSA) is 0 Å². The molecule has 0 fully saturated rings. The van der Waals surface area contributed by atoms with Crippen molar-refractivity contribution in [3.8, 4) is 11.1 Å². The summed E-state index contributed by atoms with van der Waals surface area (Å²) in [4.78, 5) is 0. The summed E-state index contributed by atoms with van der Waals surface area (Å²) < 4.78 is 0. The standard InChI is InChI=1S/C18H19.C5H5.Fe/c1-2-3-7-14-12-16-10-6-11-17(18(16)13-14)15-8-4-5-9-15;1-2-4-5-3-1;/h4-6,8-11,13H,2-3,7,12H2,1H3;1-5H;/q2*-1;+2. The molecule has 1 aliphatic rings. The van der Waals surface area contributed by atoms with Crippen molar-refractivity contribution in [2.24, 2.45) is 0 Å². The van der Waals surface area contributed by atoms with Crippen molar-refractivity contribution in [1.29, 1.82) is 0 Å². The Labute approximate surface area is 156 Å². The summed E-state index contributed by atoms with van der Waals surface area (Å²) in [7, 11) is 0. The molecule has 1 heteroatoms. The SMILES string of the molecule is CCCCC1=Cc2c(cccc2-[c-]2cccc2)C1.[Fe+2].c1cc[cH-]c1. The van der Waals surface area contributed by atoms with Gasteiger partial charge in [-0.05, 0) is 19.3 Å². The van der Waals surface area contributed by atoms with Crippen LogP contribution in [0.15, 0.2) is 78.4 Å². The minimum absolute atomic E-state index is 0. The van der Waals surface area contributed by atoms with Crippen molar-refractivity contribution in [1.82, 2.24) is 0 Å². The molecule has 0 amide bonds. The van der Waals surface area contributed by atoms with Crippen LogP contribution in [0.1, 0.15) is 37.3 Å². The number of fused-ring (bicyclic) bond motifs is 1. The number of hydrogen-bond acceptors (Lipinski definition) is 0. The first-order chi connectivity index (χ1) is 11.4. The smallest absolute Gasteiger partial charge is 0.214 e. The number of hydrogen-bond donors (Lipinski definition) is 0. The number of benzene rings is 1. The van der Waals surface area contributed by atoms with Gasteiger partial charge in [-0.2, -0.15) is 30.3 Å². The summed E-state index contributed by atoms with van der Waals surface area (Å²) in [5, 5.41) is 0. The second-order valence-electron chi connectivity index (χ2n) is 6.10. The van der Waals surface area contributed by atoms with Gasteiger partial charge in [0.25, 0.3) is 0 Å². The molecular formula is C23H24Fe. The van der Waals surface area contributed by atoms with E-state index in [1.165, 1.54) is 41.5 Å². The van der Waals surface area contributed by atoms with E-state index < -0.39 is 0 Å². The van der Waals surface area contributed by atoms with Crippen molar-refractivity contribution in [2.45, 2.75) is 32.6 Å². The van der Waals surface area contributed by atoms with Crippen molar-refractivity contribution in [3.63, 3.8) is 0 Å². The molecule has 0 saturated carbocycles. The van der Waals surface area contributed by atoms with Gasteiger partial charge in [0.05, 0.1) is 0 Å². The molecule has 3 aromatic carbocycles. The normalized spacial score (nSPS) is 11.8. The molecule has 0 saturated heterocycles. The van der Waals surface area contributed by atoms with E-state index in [0.717, 1.165) is 6.42 Å². The van der Waals surface area contributed by atoms with Crippen molar-refractivity contribution >= 4 is 6.08 Å². The molecule has 0 radical (unpaired) electrons. The Morgan fingerprint density at radius 2 is 1.75 bits per heavy atom. The molecule has 1 aliphatic carbocycles. The van der Waals surface area contributed by atoms with Gasteiger partial charge in [0.1, 0.15) is 0 Å². The molecule has 0 bridgehead atoms. The first-order valence-electron chi connectivity index (χ1n) is 8.58. The minimum Gasteiger partial charge on any atom is -0.214 e. The summed E-state index contributed by atoms with van der Waals surface area (Å²) in [5.41, 5.74) is 7.30. The van der Waals surface area contributed by atoms with E-state index in [2.05, 4.69) is 55.5 Å². The number of unbranched alkanes of at least 4 members (excludes halogenated alkanes) is 1. The molecule has 4 rings (SSSR count). The predicted octanol–water partition coefficient (Wildman–Crippen LogP) is 6.61. The van der Waals surface area contributed by atoms with Crippen LogP contribution in [0.3, 0.4) is 0 Å². The zero-order chi connectivity index (χ0) is 15.9. The van der Waals surface area contributed by atoms with Crippen molar-refractivity contribution < 1.29 is 17.1 Å². The average Bonchev–Trinajstić information content (AvgIpc) is 3.35. The molecule has 0 heterocycles. The summed E-state index contributed by atoms with van der Waals surface area (Å²) in [5.74, 6) is 0. The summed E-state index contributed by atoms with van der Waals surface area (Å²) in [6.45, 7) is 2.26. The molecule has 124 valence electrons. The maximum Gasteiger partial charge on any atom is 2.00 e. The third kappa shape index (κ3) is 4.60. The zero-order valence-corrected chi connectivity index (χ0v) is 15.3. The van der Waals surface area contributed by atoms with Crippen LogP contribution in [-0.2, 0) is 23.5 Å². The minimum atomic E-state index is 0. The summed E-state index contributed by atoms with van der Waals surface area (Å²) in [6, 6.07) is 25.3. The molecule has 0 atom stereocenters. The molecule has 3 aromatic rings. The molecular weight excluding hydrogens is 332 g/mol. The Hall–Kier alpha value is -1.82. The van der Waals surface area contributed by atoms with E-state index in [0.29, 0.717) is 0 Å². The van der Waals surface area contributed by atoms with Crippen LogP contribution in [0.4, 0.5) is 0 Å². The van der Waals surface area contributed by atoms with Crippen LogP contribution in [0.5, 0.6) is 0 Å². The third-order valence-electron chi connectivity index (χ3n) is 4.34. The Morgan fingerprint density at radius 1 is 1.00 bits per heavy atom. The van der Waals surface area contributed by atoms with Gasteiger partial charge in [-0.15, -0.1) is 23.8 Å². The van der Waals surface area contributed by atoms with Gasteiger partial charge >= 0.3 is 17.1 Å². The van der Waals surface area contributed by atoms with Crippen molar-refractivity contribution in [3.05, 3.63) is 89.5 Å². The maximum atomic E-state index is 2.42. The van der Waals surface area contributed by atoms with Gasteiger partial charge < -0.3 is 0 Å². The van der Waals surface area contributed by atoms with Gasteiger partial charge in [-0.25, -0.2) is 12.1 Å². The Morgan fingerprint density at radius 3 is 2.38 bits per heavy atom. The monoisotopic (exact) mass is 356 g/mol. The van der Waals surface area contributed by atoms with Crippen LogP contribution in [0, 0.1) is 0 Å². The van der Waals surface area contributed by atoms with Gasteiger partial charge in [0, 0.05) is 0 Å². The Kier molecular flexibility index (Phi) is 7.31. The van der Waals surface area contributed by atoms with E-state index in [-0.39, 0.29) is 17.1 Å².